The molecule has 2 heteroatoms. The molecule has 0 radical (unpaired) electrons. The van der Waals surface area contributed by atoms with Gasteiger partial charge in [0.2, 0.25) is 0 Å². The smallest absolute Gasteiger partial charge is 0.156 e. The third kappa shape index (κ3) is 1.64. The molecule has 0 spiro atoms. The maximum atomic E-state index is 12.0. The van der Waals surface area contributed by atoms with E-state index in [4.69, 9.17) is 0 Å². The summed E-state index contributed by atoms with van der Waals surface area (Å²) in [6.45, 7) is 0. The molecule has 3 rings (SSSR count). The van der Waals surface area contributed by atoms with E-state index >= 15 is 0 Å². The van der Waals surface area contributed by atoms with Gasteiger partial charge in [0, 0.05) is 18.8 Å². The molecule has 2 fully saturated rings. The summed E-state index contributed by atoms with van der Waals surface area (Å²) in [6.07, 6.45) is 8.66. The Bertz CT molecular complexity index is 367. The minimum Gasteiger partial charge on any atom is -0.299 e. The first-order valence-electron chi connectivity index (χ1n) is 6.50. The van der Waals surface area contributed by atoms with Crippen molar-refractivity contribution in [3.63, 3.8) is 0 Å². The summed E-state index contributed by atoms with van der Waals surface area (Å²) < 4.78 is 0. The molecule has 0 saturated heterocycles. The molecule has 0 aromatic carbocycles. The van der Waals surface area contributed by atoms with E-state index in [1.165, 1.54) is 18.4 Å². The third-order valence-electron chi connectivity index (χ3n) is 4.63. The number of allylic oxidation sites excluding steroid dienone is 2. The minimum atomic E-state index is 0.281. The van der Waals surface area contributed by atoms with E-state index in [0.29, 0.717) is 36.4 Å². The Labute approximate surface area is 96.1 Å². The van der Waals surface area contributed by atoms with Crippen molar-refractivity contribution in [1.82, 2.24) is 0 Å². The van der Waals surface area contributed by atoms with E-state index in [1.807, 2.05) is 6.08 Å². The van der Waals surface area contributed by atoms with Gasteiger partial charge in [-0.1, -0.05) is 12.0 Å². The Morgan fingerprint density at radius 1 is 1.06 bits per heavy atom. The second-order valence-electron chi connectivity index (χ2n) is 5.59. The standard InChI is InChI=1S/C14H18O2/c15-12-7-9-4-5-14(16)13-3-1-2-10(13)6-11(9)8-12/h8-10,13H,1-7H2/t9-,10-,13+/m0/s1. The monoisotopic (exact) mass is 218 g/mol. The molecule has 86 valence electrons. The van der Waals surface area contributed by atoms with Gasteiger partial charge in [-0.2, -0.15) is 0 Å². The van der Waals surface area contributed by atoms with Crippen molar-refractivity contribution in [3.05, 3.63) is 11.6 Å². The highest BCUT2D eigenvalue weighted by atomic mass is 16.1. The molecule has 0 amide bonds. The summed E-state index contributed by atoms with van der Waals surface area (Å²) in [5.74, 6) is 2.02. The number of ketones is 2. The summed E-state index contributed by atoms with van der Waals surface area (Å²) in [4.78, 5) is 23.5. The van der Waals surface area contributed by atoms with Gasteiger partial charge in [-0.25, -0.2) is 0 Å². The normalized spacial score (nSPS) is 38.8. The largest absolute Gasteiger partial charge is 0.299 e. The van der Waals surface area contributed by atoms with Crippen LogP contribution in [0.1, 0.15) is 44.9 Å². The van der Waals surface area contributed by atoms with Crippen LogP contribution in [-0.4, -0.2) is 11.6 Å². The topological polar surface area (TPSA) is 34.1 Å². The highest BCUT2D eigenvalue weighted by Gasteiger charge is 2.38. The molecule has 0 aromatic heterocycles. The Morgan fingerprint density at radius 2 is 1.94 bits per heavy atom. The maximum absolute atomic E-state index is 12.0. The number of fused-ring (bicyclic) bond motifs is 2. The Hall–Kier alpha value is -0.920. The van der Waals surface area contributed by atoms with Crippen LogP contribution >= 0.6 is 0 Å². The van der Waals surface area contributed by atoms with Crippen LogP contribution in [0.2, 0.25) is 0 Å². The number of carbonyl (C=O) groups excluding carboxylic acids is 2. The number of hydrogen-bond acceptors (Lipinski definition) is 2. The molecule has 0 unspecified atom stereocenters. The highest BCUT2D eigenvalue weighted by Crippen LogP contribution is 2.43. The zero-order valence-electron chi connectivity index (χ0n) is 9.58. The van der Waals surface area contributed by atoms with Crippen molar-refractivity contribution in [3.8, 4) is 0 Å². The van der Waals surface area contributed by atoms with E-state index in [1.54, 1.807) is 0 Å². The predicted molar refractivity (Wildman–Crippen MR) is 60.9 cm³/mol. The van der Waals surface area contributed by atoms with E-state index in [9.17, 15) is 9.59 Å². The van der Waals surface area contributed by atoms with Gasteiger partial charge in [0.1, 0.15) is 5.78 Å². The molecule has 0 aromatic rings. The lowest BCUT2D eigenvalue weighted by Gasteiger charge is -2.25. The molecule has 16 heavy (non-hydrogen) atoms. The molecule has 0 aliphatic heterocycles. The van der Waals surface area contributed by atoms with Gasteiger partial charge in [0.05, 0.1) is 0 Å². The Morgan fingerprint density at radius 3 is 2.81 bits per heavy atom. The summed E-state index contributed by atoms with van der Waals surface area (Å²) >= 11 is 0. The molecule has 0 bridgehead atoms. The lowest BCUT2D eigenvalue weighted by atomic mass is 9.78. The quantitative estimate of drug-likeness (QED) is 0.626. The van der Waals surface area contributed by atoms with Gasteiger partial charge in [-0.15, -0.1) is 0 Å². The molecule has 3 atom stereocenters. The van der Waals surface area contributed by atoms with Crippen LogP contribution < -0.4 is 0 Å². The third-order valence-corrected chi connectivity index (χ3v) is 4.63. The summed E-state index contributed by atoms with van der Waals surface area (Å²) in [7, 11) is 0. The molecular weight excluding hydrogens is 200 g/mol. The van der Waals surface area contributed by atoms with Crippen molar-refractivity contribution in [2.75, 3.05) is 0 Å². The van der Waals surface area contributed by atoms with Crippen LogP contribution in [0.3, 0.4) is 0 Å². The van der Waals surface area contributed by atoms with Crippen molar-refractivity contribution >= 4 is 11.6 Å². The zero-order valence-corrected chi connectivity index (χ0v) is 9.58. The van der Waals surface area contributed by atoms with E-state index in [-0.39, 0.29) is 5.78 Å². The van der Waals surface area contributed by atoms with Gasteiger partial charge in [0.25, 0.3) is 0 Å². The van der Waals surface area contributed by atoms with E-state index in [0.717, 1.165) is 19.3 Å². The van der Waals surface area contributed by atoms with Crippen LogP contribution in [0.15, 0.2) is 11.6 Å². The lowest BCUT2D eigenvalue weighted by Crippen LogP contribution is -2.23. The van der Waals surface area contributed by atoms with Crippen LogP contribution in [0, 0.1) is 17.8 Å². The first kappa shape index (κ1) is 10.2. The zero-order chi connectivity index (χ0) is 11.1. The summed E-state index contributed by atoms with van der Waals surface area (Å²) in [6, 6.07) is 0. The first-order chi connectivity index (χ1) is 7.74. The fraction of sp³-hybridized carbons (Fsp3) is 0.714. The molecule has 0 heterocycles. The van der Waals surface area contributed by atoms with E-state index in [2.05, 4.69) is 0 Å². The van der Waals surface area contributed by atoms with Crippen LogP contribution in [0.4, 0.5) is 0 Å². The summed E-state index contributed by atoms with van der Waals surface area (Å²) in [5, 5.41) is 0. The van der Waals surface area contributed by atoms with Gasteiger partial charge < -0.3 is 0 Å². The first-order valence-corrected chi connectivity index (χ1v) is 6.50. The van der Waals surface area contributed by atoms with Crippen molar-refractivity contribution in [1.29, 1.82) is 0 Å². The van der Waals surface area contributed by atoms with E-state index < -0.39 is 0 Å². The predicted octanol–water partition coefficient (Wildman–Crippen LogP) is 2.67. The average Bonchev–Trinajstić information content (AvgIpc) is 2.81. The molecule has 2 nitrogen and oxygen atoms in total. The van der Waals surface area contributed by atoms with Crippen LogP contribution in [0.5, 0.6) is 0 Å². The van der Waals surface area contributed by atoms with Crippen molar-refractivity contribution in [2.45, 2.75) is 44.9 Å². The fourth-order valence-electron chi connectivity index (χ4n) is 3.78. The molecule has 3 aliphatic carbocycles. The fourth-order valence-corrected chi connectivity index (χ4v) is 3.78. The van der Waals surface area contributed by atoms with Gasteiger partial charge in [-0.3, -0.25) is 9.59 Å². The lowest BCUT2D eigenvalue weighted by molar-refractivity contribution is -0.124. The Balaban J connectivity index is 1.85. The van der Waals surface area contributed by atoms with Crippen molar-refractivity contribution < 1.29 is 9.59 Å². The number of Topliss-reactive ketones (excluding diaryl/α,β-unsaturated/α-hetero) is 1. The van der Waals surface area contributed by atoms with Gasteiger partial charge in [-0.05, 0) is 43.6 Å². The van der Waals surface area contributed by atoms with Gasteiger partial charge in [0.15, 0.2) is 5.78 Å². The van der Waals surface area contributed by atoms with Crippen LogP contribution in [0.25, 0.3) is 0 Å². The highest BCUT2D eigenvalue weighted by molar-refractivity contribution is 5.93. The maximum Gasteiger partial charge on any atom is 0.156 e. The van der Waals surface area contributed by atoms with Crippen LogP contribution in [-0.2, 0) is 9.59 Å². The molecule has 0 N–H and O–H groups in total. The number of carbonyl (C=O) groups is 2. The number of rotatable bonds is 0. The molecule has 2 saturated carbocycles. The minimum absolute atomic E-state index is 0.281. The Kier molecular flexibility index (Phi) is 2.45. The molecule has 3 aliphatic rings. The van der Waals surface area contributed by atoms with Gasteiger partial charge >= 0.3 is 0 Å². The average molecular weight is 218 g/mol. The number of hydrogen-bond donors (Lipinski definition) is 0. The summed E-state index contributed by atoms with van der Waals surface area (Å²) in [5.41, 5.74) is 1.36. The second-order valence-corrected chi connectivity index (χ2v) is 5.59. The van der Waals surface area contributed by atoms with Crippen molar-refractivity contribution in [2.24, 2.45) is 17.8 Å². The SMILES string of the molecule is O=C1C=C2C[C@@H]3CCC[C@H]3C(=O)CC[C@H]2C1. The second kappa shape index (κ2) is 3.83. The molecular formula is C14H18O2.